The maximum atomic E-state index is 12.3. The van der Waals surface area contributed by atoms with Crippen LogP contribution in [0.4, 0.5) is 0 Å². The highest BCUT2D eigenvalue weighted by Gasteiger charge is 2.10. The highest BCUT2D eigenvalue weighted by atomic mass is 35.5. The number of hydrogen-bond acceptors (Lipinski definition) is 4. The van der Waals surface area contributed by atoms with Gasteiger partial charge in [-0.25, -0.2) is 4.79 Å². The predicted molar refractivity (Wildman–Crippen MR) is 112 cm³/mol. The number of ether oxygens (including phenoxy) is 1. The quantitative estimate of drug-likeness (QED) is 0.542. The molecule has 0 radical (unpaired) electrons. The largest absolute Gasteiger partial charge is 0.478 e. The summed E-state index contributed by atoms with van der Waals surface area (Å²) in [6.07, 6.45) is 0. The smallest absolute Gasteiger partial charge is 0.335 e. The molecule has 6 nitrogen and oxygen atoms in total. The summed E-state index contributed by atoms with van der Waals surface area (Å²) < 4.78 is 5.76. The number of amides is 1. The molecular weight excluding hydrogens is 427 g/mol. The van der Waals surface area contributed by atoms with Crippen molar-refractivity contribution in [2.75, 3.05) is 0 Å². The second kappa shape index (κ2) is 9.31. The first-order chi connectivity index (χ1) is 14.4. The Balaban J connectivity index is 1.70. The summed E-state index contributed by atoms with van der Waals surface area (Å²) >= 11 is 12.2. The molecule has 3 aromatic rings. The number of nitriles is 1. The lowest BCUT2D eigenvalue weighted by molar-refractivity contribution is 0.0696. The van der Waals surface area contributed by atoms with Crippen molar-refractivity contribution in [3.63, 3.8) is 0 Å². The van der Waals surface area contributed by atoms with E-state index in [9.17, 15) is 9.59 Å². The van der Waals surface area contributed by atoms with Crippen molar-refractivity contribution in [1.29, 1.82) is 5.26 Å². The van der Waals surface area contributed by atoms with Gasteiger partial charge < -0.3 is 15.2 Å². The number of carbonyl (C=O) groups is 2. The SMILES string of the molecule is N#Cc1cc(Cl)cc(Oc2cc(CNC(=O)c3ccc(C(=O)O)cc3)ccc2Cl)c1. The Hall–Kier alpha value is -3.53. The Kier molecular flexibility index (Phi) is 6.58. The van der Waals surface area contributed by atoms with Gasteiger partial charge in [-0.1, -0.05) is 29.3 Å². The van der Waals surface area contributed by atoms with Gasteiger partial charge in [0.1, 0.15) is 11.5 Å². The van der Waals surface area contributed by atoms with Crippen LogP contribution < -0.4 is 10.1 Å². The Morgan fingerprint density at radius 1 is 1.00 bits per heavy atom. The third kappa shape index (κ3) is 5.29. The third-order valence-electron chi connectivity index (χ3n) is 4.07. The van der Waals surface area contributed by atoms with E-state index in [0.29, 0.717) is 32.7 Å². The van der Waals surface area contributed by atoms with E-state index in [1.54, 1.807) is 24.3 Å². The monoisotopic (exact) mass is 440 g/mol. The lowest BCUT2D eigenvalue weighted by atomic mass is 10.1. The van der Waals surface area contributed by atoms with E-state index in [-0.39, 0.29) is 18.0 Å². The van der Waals surface area contributed by atoms with Gasteiger partial charge in [-0.05, 0) is 60.2 Å². The van der Waals surface area contributed by atoms with E-state index in [1.807, 2.05) is 6.07 Å². The molecular formula is C22H14Cl2N2O4. The zero-order chi connectivity index (χ0) is 21.7. The second-order valence-electron chi connectivity index (χ2n) is 6.22. The Morgan fingerprint density at radius 2 is 1.70 bits per heavy atom. The van der Waals surface area contributed by atoms with Gasteiger partial charge in [-0.3, -0.25) is 4.79 Å². The molecule has 30 heavy (non-hydrogen) atoms. The summed E-state index contributed by atoms with van der Waals surface area (Å²) in [4.78, 5) is 23.2. The molecule has 0 spiro atoms. The van der Waals surface area contributed by atoms with Crippen LogP contribution in [0.3, 0.4) is 0 Å². The minimum Gasteiger partial charge on any atom is -0.478 e. The number of carboxylic acid groups (broad SMARTS) is 1. The highest BCUT2D eigenvalue weighted by molar-refractivity contribution is 6.32. The minimum absolute atomic E-state index is 0.103. The van der Waals surface area contributed by atoms with E-state index >= 15 is 0 Å². The summed E-state index contributed by atoms with van der Waals surface area (Å²) in [6.45, 7) is 0.200. The number of halogens is 2. The minimum atomic E-state index is -1.06. The van der Waals surface area contributed by atoms with Crippen molar-refractivity contribution in [3.8, 4) is 17.6 Å². The zero-order valence-corrected chi connectivity index (χ0v) is 16.9. The summed E-state index contributed by atoms with van der Waals surface area (Å²) in [5.41, 5.74) is 1.53. The molecule has 0 atom stereocenters. The number of rotatable bonds is 6. The van der Waals surface area contributed by atoms with Crippen LogP contribution in [0, 0.1) is 11.3 Å². The second-order valence-corrected chi connectivity index (χ2v) is 7.06. The third-order valence-corrected chi connectivity index (χ3v) is 4.60. The van der Waals surface area contributed by atoms with Crippen LogP contribution in [0.1, 0.15) is 31.8 Å². The topological polar surface area (TPSA) is 99.4 Å². The first-order valence-electron chi connectivity index (χ1n) is 8.64. The van der Waals surface area contributed by atoms with Crippen LogP contribution in [0.15, 0.2) is 60.7 Å². The van der Waals surface area contributed by atoms with Gasteiger partial charge in [0.15, 0.2) is 0 Å². The Bertz CT molecular complexity index is 1150. The first kappa shape index (κ1) is 21.2. The maximum Gasteiger partial charge on any atom is 0.335 e. The zero-order valence-electron chi connectivity index (χ0n) is 15.4. The van der Waals surface area contributed by atoms with E-state index in [1.165, 1.54) is 36.4 Å². The molecule has 3 aromatic carbocycles. The van der Waals surface area contributed by atoms with Crippen molar-refractivity contribution >= 4 is 35.1 Å². The van der Waals surface area contributed by atoms with Crippen molar-refractivity contribution in [3.05, 3.63) is 93.0 Å². The first-order valence-corrected chi connectivity index (χ1v) is 9.40. The normalized spacial score (nSPS) is 10.2. The van der Waals surface area contributed by atoms with Crippen LogP contribution in [0.5, 0.6) is 11.5 Å². The molecule has 0 unspecified atom stereocenters. The molecule has 2 N–H and O–H groups in total. The molecule has 1 amide bonds. The summed E-state index contributed by atoms with van der Waals surface area (Å²) in [6, 6.07) is 17.3. The number of nitrogens with zero attached hydrogens (tertiary/aromatic N) is 1. The van der Waals surface area contributed by atoms with Crippen molar-refractivity contribution in [2.24, 2.45) is 0 Å². The van der Waals surface area contributed by atoms with E-state index in [4.69, 9.17) is 38.3 Å². The average Bonchev–Trinajstić information content (AvgIpc) is 2.73. The molecule has 0 aliphatic heterocycles. The highest BCUT2D eigenvalue weighted by Crippen LogP contribution is 2.32. The molecule has 0 aromatic heterocycles. The number of carbonyl (C=O) groups excluding carboxylic acids is 1. The standard InChI is InChI=1S/C22H14Cl2N2O4/c23-17-7-14(11-25)8-18(10-17)30-20-9-13(1-6-19(20)24)12-26-21(27)15-2-4-16(5-3-15)22(28)29/h1-10H,12H2,(H,26,27)(H,28,29). The van der Waals surface area contributed by atoms with Crippen LogP contribution in [-0.4, -0.2) is 17.0 Å². The molecule has 0 saturated carbocycles. The number of hydrogen-bond donors (Lipinski definition) is 2. The van der Waals surface area contributed by atoms with Gasteiger partial charge in [0, 0.05) is 17.1 Å². The maximum absolute atomic E-state index is 12.3. The lowest BCUT2D eigenvalue weighted by Gasteiger charge is -2.11. The Morgan fingerprint density at radius 3 is 2.37 bits per heavy atom. The molecule has 3 rings (SSSR count). The summed E-state index contributed by atoms with van der Waals surface area (Å²) in [5.74, 6) is -0.698. The van der Waals surface area contributed by atoms with Crippen LogP contribution >= 0.6 is 23.2 Å². The summed E-state index contributed by atoms with van der Waals surface area (Å²) in [7, 11) is 0. The molecule has 0 fully saturated rings. The van der Waals surface area contributed by atoms with Crippen LogP contribution in [0.25, 0.3) is 0 Å². The average molecular weight is 441 g/mol. The van der Waals surface area contributed by atoms with Crippen molar-refractivity contribution < 1.29 is 19.4 Å². The van der Waals surface area contributed by atoms with Crippen molar-refractivity contribution in [2.45, 2.75) is 6.54 Å². The van der Waals surface area contributed by atoms with Gasteiger partial charge in [-0.15, -0.1) is 0 Å². The molecule has 0 aliphatic carbocycles. The van der Waals surface area contributed by atoms with E-state index in [2.05, 4.69) is 5.32 Å². The molecule has 0 saturated heterocycles. The van der Waals surface area contributed by atoms with Gasteiger partial charge >= 0.3 is 5.97 Å². The number of carboxylic acids is 1. The number of aromatic carboxylic acids is 1. The lowest BCUT2D eigenvalue weighted by Crippen LogP contribution is -2.22. The molecule has 0 aliphatic rings. The molecule has 8 heteroatoms. The van der Waals surface area contributed by atoms with Crippen LogP contribution in [-0.2, 0) is 6.54 Å². The van der Waals surface area contributed by atoms with Crippen molar-refractivity contribution in [1.82, 2.24) is 5.32 Å². The van der Waals surface area contributed by atoms with E-state index in [0.717, 1.165) is 5.56 Å². The fraction of sp³-hybridized carbons (Fsp3) is 0.0455. The van der Waals surface area contributed by atoms with Crippen LogP contribution in [0.2, 0.25) is 10.0 Å². The number of benzene rings is 3. The fourth-order valence-corrected chi connectivity index (χ4v) is 2.98. The molecule has 150 valence electrons. The van der Waals surface area contributed by atoms with Gasteiger partial charge in [-0.2, -0.15) is 5.26 Å². The van der Waals surface area contributed by atoms with E-state index < -0.39 is 5.97 Å². The summed E-state index contributed by atoms with van der Waals surface area (Å²) in [5, 5.41) is 21.4. The van der Waals surface area contributed by atoms with Gasteiger partial charge in [0.25, 0.3) is 5.91 Å². The Labute approximate surface area is 182 Å². The van der Waals surface area contributed by atoms with Gasteiger partial charge in [0.05, 0.1) is 22.2 Å². The predicted octanol–water partition coefficient (Wildman–Crippen LogP) is 5.29. The fourth-order valence-electron chi connectivity index (χ4n) is 2.60. The van der Waals surface area contributed by atoms with Gasteiger partial charge in [0.2, 0.25) is 0 Å². The molecule has 0 bridgehead atoms. The molecule has 0 heterocycles. The number of nitrogens with one attached hydrogen (secondary N) is 1.